The van der Waals surface area contributed by atoms with Gasteiger partial charge in [-0.15, -0.1) is 0 Å². The molecule has 22 heavy (non-hydrogen) atoms. The van der Waals surface area contributed by atoms with Crippen LogP contribution in [0.1, 0.15) is 13.3 Å². The summed E-state index contributed by atoms with van der Waals surface area (Å²) in [5.41, 5.74) is 0. The lowest BCUT2D eigenvalue weighted by Gasteiger charge is -2.14. The molecule has 1 aromatic rings. The maximum absolute atomic E-state index is 10.9. The van der Waals surface area contributed by atoms with Crippen LogP contribution in [0, 0.1) is 0 Å². The maximum Gasteiger partial charge on any atom is 0.407 e. The van der Waals surface area contributed by atoms with Gasteiger partial charge < -0.3 is 24.8 Å². The Morgan fingerprint density at radius 2 is 2.41 bits per heavy atom. The van der Waals surface area contributed by atoms with Crippen LogP contribution in [0.15, 0.2) is 6.20 Å². The molecule has 2 N–H and O–H groups in total. The van der Waals surface area contributed by atoms with E-state index in [9.17, 15) is 4.79 Å². The highest BCUT2D eigenvalue weighted by Gasteiger charge is 2.26. The Bertz CT molecular complexity index is 517. The quantitative estimate of drug-likeness (QED) is 0.734. The molecule has 1 aliphatic rings. The van der Waals surface area contributed by atoms with Crippen LogP contribution in [-0.4, -0.2) is 65.0 Å². The number of anilines is 1. The van der Waals surface area contributed by atoms with Gasteiger partial charge in [0.1, 0.15) is 11.6 Å². The Labute approximate surface area is 133 Å². The summed E-state index contributed by atoms with van der Waals surface area (Å²) in [7, 11) is 0. The van der Waals surface area contributed by atoms with E-state index in [2.05, 4.69) is 15.3 Å². The van der Waals surface area contributed by atoms with Crippen molar-refractivity contribution >= 4 is 23.6 Å². The van der Waals surface area contributed by atoms with Gasteiger partial charge in [0.25, 0.3) is 0 Å². The first-order chi connectivity index (χ1) is 10.6. The predicted octanol–water partition coefficient (Wildman–Crippen LogP) is 1.71. The summed E-state index contributed by atoms with van der Waals surface area (Å²) in [4.78, 5) is 20.5. The molecule has 1 aliphatic heterocycles. The van der Waals surface area contributed by atoms with Crippen LogP contribution in [0.3, 0.4) is 0 Å². The Balaban J connectivity index is 1.90. The number of hydrogen-bond acceptors (Lipinski definition) is 6. The van der Waals surface area contributed by atoms with Gasteiger partial charge in [0.15, 0.2) is 0 Å². The zero-order chi connectivity index (χ0) is 15.9. The van der Waals surface area contributed by atoms with Crippen molar-refractivity contribution in [2.75, 3.05) is 38.2 Å². The number of amides is 1. The van der Waals surface area contributed by atoms with Crippen molar-refractivity contribution in [1.82, 2.24) is 14.9 Å². The average molecular weight is 331 g/mol. The highest BCUT2D eigenvalue weighted by atomic mass is 35.5. The average Bonchev–Trinajstić information content (AvgIpc) is 2.95. The van der Waals surface area contributed by atoms with Crippen LogP contribution in [0.4, 0.5) is 10.7 Å². The Kier molecular flexibility index (Phi) is 6.02. The summed E-state index contributed by atoms with van der Waals surface area (Å²) in [6.45, 7) is 4.23. The van der Waals surface area contributed by atoms with Gasteiger partial charge >= 0.3 is 6.09 Å². The molecule has 0 spiro atoms. The lowest BCUT2D eigenvalue weighted by molar-refractivity contribution is 0.108. The summed E-state index contributed by atoms with van der Waals surface area (Å²) in [6.07, 6.45) is 1.25. The van der Waals surface area contributed by atoms with Crippen molar-refractivity contribution in [1.29, 1.82) is 0 Å². The SMILES string of the molecule is CCOCCOc1nc(NC2CCN(C(=O)O)C2)ncc1Cl. The van der Waals surface area contributed by atoms with Crippen molar-refractivity contribution in [2.24, 2.45) is 0 Å². The number of ether oxygens (including phenoxy) is 2. The second-order valence-electron chi connectivity index (χ2n) is 4.75. The monoisotopic (exact) mass is 330 g/mol. The molecule has 2 rings (SSSR count). The van der Waals surface area contributed by atoms with Gasteiger partial charge in [0.05, 0.1) is 12.8 Å². The summed E-state index contributed by atoms with van der Waals surface area (Å²) >= 11 is 5.99. The summed E-state index contributed by atoms with van der Waals surface area (Å²) in [5.74, 6) is 0.653. The summed E-state index contributed by atoms with van der Waals surface area (Å²) < 4.78 is 10.6. The molecule has 0 aromatic carbocycles. The van der Waals surface area contributed by atoms with E-state index in [4.69, 9.17) is 26.2 Å². The minimum Gasteiger partial charge on any atom is -0.474 e. The first-order valence-corrected chi connectivity index (χ1v) is 7.45. The molecule has 1 atom stereocenters. The summed E-state index contributed by atoms with van der Waals surface area (Å²) in [5, 5.41) is 12.4. The molecule has 122 valence electrons. The maximum atomic E-state index is 10.9. The van der Waals surface area contributed by atoms with Crippen LogP contribution in [0.5, 0.6) is 5.88 Å². The second-order valence-corrected chi connectivity index (χ2v) is 5.16. The lowest BCUT2D eigenvalue weighted by atomic mass is 10.3. The number of rotatable bonds is 7. The van der Waals surface area contributed by atoms with Gasteiger partial charge in [-0.3, -0.25) is 0 Å². The number of carboxylic acid groups (broad SMARTS) is 1. The number of nitrogens with one attached hydrogen (secondary N) is 1. The predicted molar refractivity (Wildman–Crippen MR) is 80.7 cm³/mol. The van der Waals surface area contributed by atoms with Gasteiger partial charge in [-0.1, -0.05) is 11.6 Å². The fraction of sp³-hybridized carbons (Fsp3) is 0.615. The molecule has 1 fully saturated rings. The van der Waals surface area contributed by atoms with Crippen LogP contribution >= 0.6 is 11.6 Å². The van der Waals surface area contributed by atoms with Crippen molar-refractivity contribution in [3.8, 4) is 5.88 Å². The normalized spacial score (nSPS) is 17.5. The standard InChI is InChI=1S/C13H19ClN4O4/c1-2-21-5-6-22-11-10(14)7-15-12(17-11)16-9-3-4-18(8-9)13(19)20/h7,9H,2-6,8H2,1H3,(H,19,20)(H,15,16,17). The number of carbonyl (C=O) groups is 1. The molecule has 0 saturated carbocycles. The zero-order valence-electron chi connectivity index (χ0n) is 12.3. The highest BCUT2D eigenvalue weighted by molar-refractivity contribution is 6.31. The van der Waals surface area contributed by atoms with E-state index in [-0.39, 0.29) is 11.9 Å². The molecular formula is C13H19ClN4O4. The van der Waals surface area contributed by atoms with E-state index in [0.717, 1.165) is 0 Å². The summed E-state index contributed by atoms with van der Waals surface area (Å²) in [6, 6.07) is -0.0199. The molecule has 9 heteroatoms. The number of aromatic nitrogens is 2. The molecule has 0 bridgehead atoms. The van der Waals surface area contributed by atoms with Gasteiger partial charge in [0, 0.05) is 25.7 Å². The third kappa shape index (κ3) is 4.60. The van der Waals surface area contributed by atoms with Gasteiger partial charge in [-0.2, -0.15) is 4.98 Å². The van der Waals surface area contributed by atoms with E-state index in [1.807, 2.05) is 6.92 Å². The molecule has 1 saturated heterocycles. The molecule has 1 unspecified atom stereocenters. The minimum absolute atomic E-state index is 0.0199. The molecular weight excluding hydrogens is 312 g/mol. The fourth-order valence-corrected chi connectivity index (χ4v) is 2.24. The van der Waals surface area contributed by atoms with Crippen molar-refractivity contribution in [3.63, 3.8) is 0 Å². The molecule has 0 aliphatic carbocycles. The van der Waals surface area contributed by atoms with Crippen LogP contribution in [0.25, 0.3) is 0 Å². The van der Waals surface area contributed by atoms with Crippen molar-refractivity contribution in [2.45, 2.75) is 19.4 Å². The van der Waals surface area contributed by atoms with E-state index >= 15 is 0 Å². The number of halogens is 1. The van der Waals surface area contributed by atoms with Gasteiger partial charge in [-0.25, -0.2) is 9.78 Å². The largest absolute Gasteiger partial charge is 0.474 e. The topological polar surface area (TPSA) is 96.8 Å². The molecule has 2 heterocycles. The van der Waals surface area contributed by atoms with Crippen LogP contribution < -0.4 is 10.1 Å². The van der Waals surface area contributed by atoms with E-state index in [0.29, 0.717) is 50.3 Å². The Morgan fingerprint density at radius 3 is 3.09 bits per heavy atom. The Morgan fingerprint density at radius 1 is 1.59 bits per heavy atom. The number of likely N-dealkylation sites (tertiary alicyclic amines) is 1. The smallest absolute Gasteiger partial charge is 0.407 e. The lowest BCUT2D eigenvalue weighted by Crippen LogP contribution is -2.30. The van der Waals surface area contributed by atoms with Crippen LogP contribution in [0.2, 0.25) is 5.02 Å². The highest BCUT2D eigenvalue weighted by Crippen LogP contribution is 2.23. The van der Waals surface area contributed by atoms with Crippen molar-refractivity contribution in [3.05, 3.63) is 11.2 Å². The fourth-order valence-electron chi connectivity index (χ4n) is 2.10. The van der Waals surface area contributed by atoms with Crippen molar-refractivity contribution < 1.29 is 19.4 Å². The Hall–Kier alpha value is -1.80. The second kappa shape index (κ2) is 8.00. The van der Waals surface area contributed by atoms with Crippen LogP contribution in [-0.2, 0) is 4.74 Å². The third-order valence-corrected chi connectivity index (χ3v) is 3.43. The van der Waals surface area contributed by atoms with E-state index in [1.165, 1.54) is 11.1 Å². The first-order valence-electron chi connectivity index (χ1n) is 7.07. The van der Waals surface area contributed by atoms with Gasteiger partial charge in [0.2, 0.25) is 11.8 Å². The minimum atomic E-state index is -0.915. The number of nitrogens with zero attached hydrogens (tertiary/aromatic N) is 3. The molecule has 1 amide bonds. The first kappa shape index (κ1) is 16.6. The van der Waals surface area contributed by atoms with Gasteiger partial charge in [-0.05, 0) is 13.3 Å². The van der Waals surface area contributed by atoms with E-state index in [1.54, 1.807) is 0 Å². The molecule has 1 aromatic heterocycles. The molecule has 0 radical (unpaired) electrons. The third-order valence-electron chi connectivity index (χ3n) is 3.17. The zero-order valence-corrected chi connectivity index (χ0v) is 13.0. The number of hydrogen-bond donors (Lipinski definition) is 2. The van der Waals surface area contributed by atoms with E-state index < -0.39 is 6.09 Å². The molecule has 8 nitrogen and oxygen atoms in total.